The Bertz CT molecular complexity index is 1180. The van der Waals surface area contributed by atoms with Crippen LogP contribution in [0.3, 0.4) is 0 Å². The molecule has 1 aliphatic rings. The number of piperidine rings is 1. The van der Waals surface area contributed by atoms with Crippen LogP contribution in [0.25, 0.3) is 11.3 Å². The van der Waals surface area contributed by atoms with Gasteiger partial charge in [-0.3, -0.25) is 4.79 Å². The summed E-state index contributed by atoms with van der Waals surface area (Å²) in [5, 5.41) is 5.86. The van der Waals surface area contributed by atoms with Gasteiger partial charge in [-0.15, -0.1) is 11.3 Å². The van der Waals surface area contributed by atoms with Crippen molar-refractivity contribution in [3.05, 3.63) is 64.5 Å². The van der Waals surface area contributed by atoms with Crippen LogP contribution in [0.15, 0.2) is 58.8 Å². The van der Waals surface area contributed by atoms with Gasteiger partial charge < -0.3 is 5.32 Å². The van der Waals surface area contributed by atoms with Crippen molar-refractivity contribution in [1.82, 2.24) is 9.29 Å². The van der Waals surface area contributed by atoms with E-state index in [1.54, 1.807) is 36.4 Å². The highest BCUT2D eigenvalue weighted by atomic mass is 35.5. The number of halogens is 1. The van der Waals surface area contributed by atoms with Crippen molar-refractivity contribution < 1.29 is 13.2 Å². The highest BCUT2D eigenvalue weighted by Gasteiger charge is 2.33. The summed E-state index contributed by atoms with van der Waals surface area (Å²) in [4.78, 5) is 17.6. The van der Waals surface area contributed by atoms with E-state index in [4.69, 9.17) is 11.6 Å². The van der Waals surface area contributed by atoms with Crippen molar-refractivity contribution in [1.29, 1.82) is 0 Å². The van der Waals surface area contributed by atoms with Crippen LogP contribution in [0.1, 0.15) is 18.4 Å². The predicted molar refractivity (Wildman–Crippen MR) is 124 cm³/mol. The first-order valence-electron chi connectivity index (χ1n) is 9.92. The fraction of sp³-hybridized carbons (Fsp3) is 0.273. The monoisotopic (exact) mass is 475 g/mol. The van der Waals surface area contributed by atoms with Crippen LogP contribution in [0.5, 0.6) is 0 Å². The third-order valence-corrected chi connectivity index (χ3v) is 8.18. The maximum Gasteiger partial charge on any atom is 0.243 e. The molecule has 9 heteroatoms. The number of rotatable bonds is 5. The fourth-order valence-corrected chi connectivity index (χ4v) is 5.90. The number of nitrogens with one attached hydrogen (secondary N) is 1. The summed E-state index contributed by atoms with van der Waals surface area (Å²) in [5.41, 5.74) is 2.66. The maximum atomic E-state index is 13.0. The van der Waals surface area contributed by atoms with Crippen molar-refractivity contribution >= 4 is 44.0 Å². The van der Waals surface area contributed by atoms with Gasteiger partial charge in [0.2, 0.25) is 15.9 Å². The quantitative estimate of drug-likeness (QED) is 0.574. The first-order chi connectivity index (χ1) is 14.8. The number of nitrogens with zero attached hydrogens (tertiary/aromatic N) is 2. The molecule has 4 rings (SSSR count). The number of hydrogen-bond acceptors (Lipinski definition) is 5. The summed E-state index contributed by atoms with van der Waals surface area (Å²) >= 11 is 7.26. The second kappa shape index (κ2) is 9.08. The van der Waals surface area contributed by atoms with Crippen molar-refractivity contribution in [3.63, 3.8) is 0 Å². The van der Waals surface area contributed by atoms with Crippen LogP contribution < -0.4 is 5.32 Å². The van der Waals surface area contributed by atoms with Crippen LogP contribution in [-0.2, 0) is 14.8 Å². The molecule has 1 saturated heterocycles. The molecule has 1 aliphatic heterocycles. The molecule has 0 spiro atoms. The van der Waals surface area contributed by atoms with Gasteiger partial charge in [0.05, 0.1) is 16.5 Å². The van der Waals surface area contributed by atoms with Gasteiger partial charge in [-0.1, -0.05) is 41.4 Å². The molecule has 6 nitrogen and oxygen atoms in total. The van der Waals surface area contributed by atoms with Gasteiger partial charge in [-0.2, -0.15) is 4.31 Å². The average molecular weight is 476 g/mol. The van der Waals surface area contributed by atoms with Crippen LogP contribution in [0.4, 0.5) is 5.13 Å². The zero-order chi connectivity index (χ0) is 22.0. The van der Waals surface area contributed by atoms with E-state index in [0.717, 1.165) is 16.8 Å². The Morgan fingerprint density at radius 1 is 1.16 bits per heavy atom. The highest BCUT2D eigenvalue weighted by molar-refractivity contribution is 7.89. The van der Waals surface area contributed by atoms with Crippen molar-refractivity contribution in [2.45, 2.75) is 24.7 Å². The van der Waals surface area contributed by atoms with Crippen LogP contribution in [0.2, 0.25) is 5.02 Å². The number of hydrogen-bond donors (Lipinski definition) is 1. The average Bonchev–Trinajstić information content (AvgIpc) is 3.23. The smallest absolute Gasteiger partial charge is 0.243 e. The number of anilines is 1. The summed E-state index contributed by atoms with van der Waals surface area (Å²) in [6.45, 7) is 2.49. The Balaban J connectivity index is 1.43. The van der Waals surface area contributed by atoms with Crippen molar-refractivity contribution in [2.24, 2.45) is 5.92 Å². The molecule has 0 saturated carbocycles. The molecule has 162 valence electrons. The minimum Gasteiger partial charge on any atom is -0.302 e. The normalized spacial score (nSPS) is 17.4. The number of aromatic nitrogens is 1. The molecule has 2 heterocycles. The number of carbonyl (C=O) groups is 1. The van der Waals surface area contributed by atoms with E-state index < -0.39 is 15.9 Å². The first-order valence-corrected chi connectivity index (χ1v) is 12.6. The molecule has 2 aromatic carbocycles. The Kier molecular flexibility index (Phi) is 6.43. The largest absolute Gasteiger partial charge is 0.302 e. The third-order valence-electron chi connectivity index (χ3n) is 5.29. The molecule has 1 amide bonds. The number of aryl methyl sites for hydroxylation is 1. The van der Waals surface area contributed by atoms with Crippen LogP contribution >= 0.6 is 22.9 Å². The molecular formula is C22H22ClN3O3S2. The standard InChI is InChI=1S/C22H22ClN3O3S2/c1-15-4-10-19(11-5-15)31(28,29)26-12-2-3-17(13-26)21(27)25-22-24-20(14-30-22)16-6-8-18(23)9-7-16/h4-11,14,17H,2-3,12-13H2,1H3,(H,24,25,27). The molecule has 3 aromatic rings. The summed E-state index contributed by atoms with van der Waals surface area (Å²) in [5.74, 6) is -0.627. The summed E-state index contributed by atoms with van der Waals surface area (Å²) < 4.78 is 27.4. The van der Waals surface area contributed by atoms with Crippen molar-refractivity contribution in [2.75, 3.05) is 18.4 Å². The lowest BCUT2D eigenvalue weighted by Gasteiger charge is -2.31. The van der Waals surface area contributed by atoms with E-state index in [-0.39, 0.29) is 17.3 Å². The number of benzene rings is 2. The second-order valence-electron chi connectivity index (χ2n) is 7.55. The minimum atomic E-state index is -3.62. The molecule has 31 heavy (non-hydrogen) atoms. The molecule has 1 fully saturated rings. The molecule has 1 unspecified atom stereocenters. The van der Waals surface area contributed by atoms with Gasteiger partial charge in [-0.25, -0.2) is 13.4 Å². The van der Waals surface area contributed by atoms with Gasteiger partial charge in [0.15, 0.2) is 5.13 Å². The number of thiazole rings is 1. The Morgan fingerprint density at radius 3 is 2.58 bits per heavy atom. The molecular weight excluding hydrogens is 454 g/mol. The van der Waals surface area contributed by atoms with Gasteiger partial charge in [0.25, 0.3) is 0 Å². The van der Waals surface area contributed by atoms with Crippen LogP contribution in [-0.4, -0.2) is 36.7 Å². The molecule has 0 aliphatic carbocycles. The second-order valence-corrected chi connectivity index (χ2v) is 10.8. The summed E-state index contributed by atoms with van der Waals surface area (Å²) in [7, 11) is -3.62. The lowest BCUT2D eigenvalue weighted by Crippen LogP contribution is -2.43. The zero-order valence-corrected chi connectivity index (χ0v) is 19.3. The third kappa shape index (κ3) is 4.98. The van der Waals surface area contributed by atoms with Gasteiger partial charge in [0, 0.05) is 29.1 Å². The van der Waals surface area contributed by atoms with Gasteiger partial charge >= 0.3 is 0 Å². The van der Waals surface area contributed by atoms with Crippen molar-refractivity contribution in [3.8, 4) is 11.3 Å². The SMILES string of the molecule is Cc1ccc(S(=O)(=O)N2CCCC(C(=O)Nc3nc(-c4ccc(Cl)cc4)cs3)C2)cc1. The molecule has 1 atom stereocenters. The van der Waals surface area contributed by atoms with E-state index in [1.165, 1.54) is 15.6 Å². The number of sulfonamides is 1. The predicted octanol–water partition coefficient (Wildman–Crippen LogP) is 4.81. The maximum absolute atomic E-state index is 13.0. The highest BCUT2D eigenvalue weighted by Crippen LogP contribution is 2.28. The lowest BCUT2D eigenvalue weighted by atomic mass is 9.99. The Morgan fingerprint density at radius 2 is 1.87 bits per heavy atom. The first kappa shape index (κ1) is 22.0. The Labute approximate surface area is 190 Å². The van der Waals surface area contributed by atoms with Crippen LogP contribution in [0, 0.1) is 12.8 Å². The minimum absolute atomic E-state index is 0.164. The fourth-order valence-electron chi connectivity index (χ4n) is 3.53. The zero-order valence-electron chi connectivity index (χ0n) is 16.9. The van der Waals surface area contributed by atoms with E-state index in [0.29, 0.717) is 29.5 Å². The molecule has 1 aromatic heterocycles. The Hall–Kier alpha value is -2.26. The molecule has 0 radical (unpaired) electrons. The summed E-state index contributed by atoms with van der Waals surface area (Å²) in [6.07, 6.45) is 1.28. The van der Waals surface area contributed by atoms with E-state index in [9.17, 15) is 13.2 Å². The van der Waals surface area contributed by atoms with E-state index in [1.807, 2.05) is 24.4 Å². The topological polar surface area (TPSA) is 79.4 Å². The lowest BCUT2D eigenvalue weighted by molar-refractivity contribution is -0.120. The van der Waals surface area contributed by atoms with Gasteiger partial charge in [-0.05, 0) is 44.0 Å². The number of carbonyl (C=O) groups excluding carboxylic acids is 1. The van der Waals surface area contributed by atoms with E-state index in [2.05, 4.69) is 10.3 Å². The molecule has 1 N–H and O–H groups in total. The summed E-state index contributed by atoms with van der Waals surface area (Å²) in [6, 6.07) is 14.1. The van der Waals surface area contributed by atoms with E-state index >= 15 is 0 Å². The van der Waals surface area contributed by atoms with Gasteiger partial charge in [0.1, 0.15) is 0 Å². The molecule has 0 bridgehead atoms. The number of amides is 1.